The molecule has 0 saturated heterocycles. The number of halogens is 3. The van der Waals surface area contributed by atoms with Crippen LogP contribution in [0.4, 0.5) is 0 Å². The molecule has 0 aliphatic heterocycles. The number of amides is 1. The van der Waals surface area contributed by atoms with Crippen LogP contribution in [0.1, 0.15) is 18.4 Å². The van der Waals surface area contributed by atoms with Gasteiger partial charge in [0.25, 0.3) is 0 Å². The van der Waals surface area contributed by atoms with Crippen LogP contribution in [0.2, 0.25) is 10.0 Å². The molecule has 0 bridgehead atoms. The highest BCUT2D eigenvalue weighted by molar-refractivity contribution is 6.42. The lowest BCUT2D eigenvalue weighted by atomic mass is 10.2. The monoisotopic (exact) mass is 294 g/mol. The molecule has 6 heteroatoms. The van der Waals surface area contributed by atoms with E-state index in [9.17, 15) is 4.79 Å². The van der Waals surface area contributed by atoms with Crippen molar-refractivity contribution >= 4 is 41.5 Å². The van der Waals surface area contributed by atoms with Gasteiger partial charge in [-0.05, 0) is 30.5 Å². The van der Waals surface area contributed by atoms with Crippen LogP contribution in [0.5, 0.6) is 0 Å². The molecular formula is C11H13Cl3N2O. The number of benzene rings is 1. The zero-order valence-corrected chi connectivity index (χ0v) is 11.3. The fourth-order valence-electron chi connectivity index (χ4n) is 1.37. The van der Waals surface area contributed by atoms with Crippen LogP contribution in [0.25, 0.3) is 0 Å². The van der Waals surface area contributed by atoms with E-state index < -0.39 is 5.54 Å². The first-order valence-electron chi connectivity index (χ1n) is 5.02. The van der Waals surface area contributed by atoms with Gasteiger partial charge in [0, 0.05) is 6.54 Å². The van der Waals surface area contributed by atoms with Crippen molar-refractivity contribution in [1.29, 1.82) is 0 Å². The highest BCUT2D eigenvalue weighted by Crippen LogP contribution is 2.32. The van der Waals surface area contributed by atoms with Crippen LogP contribution in [0.15, 0.2) is 18.2 Å². The Hall–Kier alpha value is -0.480. The molecule has 17 heavy (non-hydrogen) atoms. The molecule has 0 radical (unpaired) electrons. The summed E-state index contributed by atoms with van der Waals surface area (Å²) in [4.78, 5) is 11.6. The summed E-state index contributed by atoms with van der Waals surface area (Å²) in [5.41, 5.74) is 6.03. The molecule has 3 nitrogen and oxygen atoms in total. The first kappa shape index (κ1) is 14.6. The molecule has 1 amide bonds. The van der Waals surface area contributed by atoms with E-state index in [2.05, 4.69) is 5.32 Å². The Labute approximate surface area is 116 Å². The molecule has 1 aromatic carbocycles. The Morgan fingerprint density at radius 3 is 2.53 bits per heavy atom. The number of rotatable bonds is 3. The second-order valence-electron chi connectivity index (χ2n) is 4.09. The van der Waals surface area contributed by atoms with Gasteiger partial charge in [-0.2, -0.15) is 0 Å². The Balaban J connectivity index is 0.00000144. The van der Waals surface area contributed by atoms with Crippen molar-refractivity contribution in [2.24, 2.45) is 5.73 Å². The van der Waals surface area contributed by atoms with E-state index in [4.69, 9.17) is 28.9 Å². The van der Waals surface area contributed by atoms with Gasteiger partial charge in [-0.1, -0.05) is 29.3 Å². The second-order valence-corrected chi connectivity index (χ2v) is 4.90. The van der Waals surface area contributed by atoms with Crippen LogP contribution in [-0.2, 0) is 11.3 Å². The summed E-state index contributed by atoms with van der Waals surface area (Å²) < 4.78 is 0. The predicted octanol–water partition coefficient (Wildman–Crippen LogP) is 2.52. The molecule has 1 saturated carbocycles. The molecule has 0 spiro atoms. The first-order valence-corrected chi connectivity index (χ1v) is 5.78. The minimum atomic E-state index is -0.629. The molecule has 94 valence electrons. The lowest BCUT2D eigenvalue weighted by Gasteiger charge is -2.10. The highest BCUT2D eigenvalue weighted by Gasteiger charge is 2.45. The zero-order valence-electron chi connectivity index (χ0n) is 9.00. The maximum Gasteiger partial charge on any atom is 0.240 e. The van der Waals surface area contributed by atoms with Gasteiger partial charge in [-0.3, -0.25) is 4.79 Å². The molecule has 1 aliphatic carbocycles. The van der Waals surface area contributed by atoms with Crippen molar-refractivity contribution < 1.29 is 4.79 Å². The molecule has 3 N–H and O–H groups in total. The molecule has 1 aromatic rings. The van der Waals surface area contributed by atoms with E-state index in [1.807, 2.05) is 6.07 Å². The van der Waals surface area contributed by atoms with Gasteiger partial charge in [0.2, 0.25) is 5.91 Å². The van der Waals surface area contributed by atoms with E-state index in [1.165, 1.54) is 0 Å². The van der Waals surface area contributed by atoms with Gasteiger partial charge in [-0.15, -0.1) is 12.4 Å². The SMILES string of the molecule is Cl.NC1(C(=O)NCc2ccc(Cl)c(Cl)c2)CC1. The molecule has 2 rings (SSSR count). The van der Waals surface area contributed by atoms with Gasteiger partial charge in [0.05, 0.1) is 15.6 Å². The van der Waals surface area contributed by atoms with Crippen molar-refractivity contribution in [1.82, 2.24) is 5.32 Å². The molecule has 0 heterocycles. The summed E-state index contributed by atoms with van der Waals surface area (Å²) in [7, 11) is 0. The topological polar surface area (TPSA) is 55.1 Å². The Kier molecular flexibility index (Phi) is 4.67. The normalized spacial score (nSPS) is 15.9. The van der Waals surface area contributed by atoms with Crippen molar-refractivity contribution in [3.05, 3.63) is 33.8 Å². The molecular weight excluding hydrogens is 282 g/mol. The number of nitrogens with one attached hydrogen (secondary N) is 1. The number of hydrogen-bond donors (Lipinski definition) is 2. The maximum absolute atomic E-state index is 11.6. The largest absolute Gasteiger partial charge is 0.350 e. The van der Waals surface area contributed by atoms with Gasteiger partial charge in [0.15, 0.2) is 0 Å². The van der Waals surface area contributed by atoms with Crippen molar-refractivity contribution in [3.8, 4) is 0 Å². The Morgan fingerprint density at radius 2 is 2.00 bits per heavy atom. The average molecular weight is 296 g/mol. The van der Waals surface area contributed by atoms with Crippen molar-refractivity contribution in [2.45, 2.75) is 24.9 Å². The quantitative estimate of drug-likeness (QED) is 0.900. The van der Waals surface area contributed by atoms with Crippen LogP contribution >= 0.6 is 35.6 Å². The number of carbonyl (C=O) groups excluding carboxylic acids is 1. The third kappa shape index (κ3) is 3.49. The number of nitrogens with two attached hydrogens (primary N) is 1. The number of carbonyl (C=O) groups is 1. The molecule has 0 atom stereocenters. The van der Waals surface area contributed by atoms with E-state index in [-0.39, 0.29) is 18.3 Å². The average Bonchev–Trinajstić information content (AvgIpc) is 2.99. The smallest absolute Gasteiger partial charge is 0.240 e. The summed E-state index contributed by atoms with van der Waals surface area (Å²) in [6, 6.07) is 5.27. The Morgan fingerprint density at radius 1 is 1.35 bits per heavy atom. The van der Waals surface area contributed by atoms with Gasteiger partial charge in [-0.25, -0.2) is 0 Å². The number of hydrogen-bond acceptors (Lipinski definition) is 2. The predicted molar refractivity (Wildman–Crippen MR) is 71.7 cm³/mol. The third-order valence-electron chi connectivity index (χ3n) is 2.68. The fraction of sp³-hybridized carbons (Fsp3) is 0.364. The van der Waals surface area contributed by atoms with Crippen LogP contribution < -0.4 is 11.1 Å². The summed E-state index contributed by atoms with van der Waals surface area (Å²) in [6.07, 6.45) is 1.53. The second kappa shape index (κ2) is 5.44. The highest BCUT2D eigenvalue weighted by atomic mass is 35.5. The van der Waals surface area contributed by atoms with Crippen LogP contribution in [-0.4, -0.2) is 11.4 Å². The van der Waals surface area contributed by atoms with Gasteiger partial charge < -0.3 is 11.1 Å². The summed E-state index contributed by atoms with van der Waals surface area (Å²) in [6.45, 7) is 0.425. The molecule has 1 fully saturated rings. The summed E-state index contributed by atoms with van der Waals surface area (Å²) in [5, 5.41) is 3.78. The van der Waals surface area contributed by atoms with E-state index >= 15 is 0 Å². The molecule has 0 unspecified atom stereocenters. The minimum Gasteiger partial charge on any atom is -0.350 e. The lowest BCUT2D eigenvalue weighted by Crippen LogP contribution is -2.42. The minimum absolute atomic E-state index is 0. The maximum atomic E-state index is 11.6. The Bertz CT molecular complexity index is 433. The van der Waals surface area contributed by atoms with Gasteiger partial charge in [0.1, 0.15) is 0 Å². The first-order chi connectivity index (χ1) is 7.51. The van der Waals surface area contributed by atoms with Crippen molar-refractivity contribution in [3.63, 3.8) is 0 Å². The molecule has 1 aliphatic rings. The van der Waals surface area contributed by atoms with Crippen molar-refractivity contribution in [2.75, 3.05) is 0 Å². The summed E-state index contributed by atoms with van der Waals surface area (Å²) in [5.74, 6) is -0.0985. The van der Waals surface area contributed by atoms with E-state index in [0.29, 0.717) is 16.6 Å². The zero-order chi connectivity index (χ0) is 11.8. The van der Waals surface area contributed by atoms with E-state index in [1.54, 1.807) is 12.1 Å². The third-order valence-corrected chi connectivity index (χ3v) is 3.42. The van der Waals surface area contributed by atoms with E-state index in [0.717, 1.165) is 18.4 Å². The lowest BCUT2D eigenvalue weighted by molar-refractivity contribution is -0.123. The molecule has 0 aromatic heterocycles. The van der Waals surface area contributed by atoms with Crippen LogP contribution in [0.3, 0.4) is 0 Å². The fourth-order valence-corrected chi connectivity index (χ4v) is 1.69. The van der Waals surface area contributed by atoms with Gasteiger partial charge >= 0.3 is 0 Å². The standard InChI is InChI=1S/C11H12Cl2N2O.ClH/c12-8-2-1-7(5-9(8)13)6-15-10(16)11(14)3-4-11;/h1-2,5H,3-4,6,14H2,(H,15,16);1H. The van der Waals surface area contributed by atoms with Crippen LogP contribution in [0, 0.1) is 0 Å². The summed E-state index contributed by atoms with van der Waals surface area (Å²) >= 11 is 11.6.